The average Bonchev–Trinajstić information content (AvgIpc) is 3.12. The molecule has 154 valence electrons. The van der Waals surface area contributed by atoms with Crippen molar-refractivity contribution in [2.24, 2.45) is 10.2 Å². The number of nitrogens with zero attached hydrogens (tertiary/aromatic N) is 5. The maximum absolute atomic E-state index is 15.0. The number of hydrogen-bond acceptors (Lipinski definition) is 4. The SMILES string of the molecule is C/N=N\CCCCc1ccc2c(c1)c1c(n2-c2cc(C#N)c(C#N)cc2F)C=CCC1. The molecule has 31 heavy (non-hydrogen) atoms. The second-order valence-corrected chi connectivity index (χ2v) is 7.59. The molecule has 1 aromatic heterocycles. The van der Waals surface area contributed by atoms with E-state index in [-0.39, 0.29) is 11.1 Å². The van der Waals surface area contributed by atoms with Crippen molar-refractivity contribution in [2.75, 3.05) is 13.6 Å². The second-order valence-electron chi connectivity index (χ2n) is 7.59. The monoisotopic (exact) mass is 411 g/mol. The fraction of sp³-hybridized carbons (Fsp3) is 0.280. The van der Waals surface area contributed by atoms with E-state index in [1.807, 2.05) is 28.8 Å². The van der Waals surface area contributed by atoms with Crippen LogP contribution in [0.1, 0.15) is 47.2 Å². The Labute approximate surface area is 180 Å². The van der Waals surface area contributed by atoms with Crippen molar-refractivity contribution in [3.05, 3.63) is 70.2 Å². The van der Waals surface area contributed by atoms with Crippen molar-refractivity contribution in [1.29, 1.82) is 10.5 Å². The van der Waals surface area contributed by atoms with Gasteiger partial charge in [-0.25, -0.2) is 4.39 Å². The van der Waals surface area contributed by atoms with Crippen LogP contribution in [0.5, 0.6) is 0 Å². The maximum atomic E-state index is 15.0. The predicted octanol–water partition coefficient (Wildman–Crippen LogP) is 5.88. The number of azo groups is 1. The number of rotatable bonds is 6. The third-order valence-electron chi connectivity index (χ3n) is 5.70. The van der Waals surface area contributed by atoms with Gasteiger partial charge in [0.15, 0.2) is 0 Å². The standard InChI is InChI=1S/C25H22FN5/c1-29-30-11-5-4-6-17-9-10-24-21(12-17)20-7-2-3-8-23(20)31(24)25-14-19(16-28)18(15-27)13-22(25)26/h3,8-10,12-14H,2,4-7,11H2,1H3/b30-29-. The quantitative estimate of drug-likeness (QED) is 0.375. The Hall–Kier alpha value is -3.77. The molecule has 4 rings (SSSR count). The lowest BCUT2D eigenvalue weighted by Crippen LogP contribution is -2.04. The summed E-state index contributed by atoms with van der Waals surface area (Å²) < 4.78 is 16.9. The van der Waals surface area contributed by atoms with Gasteiger partial charge in [-0.1, -0.05) is 12.1 Å². The zero-order chi connectivity index (χ0) is 21.8. The molecule has 0 saturated heterocycles. The van der Waals surface area contributed by atoms with E-state index in [9.17, 15) is 10.5 Å². The van der Waals surface area contributed by atoms with Crippen LogP contribution < -0.4 is 0 Å². The molecule has 3 aromatic rings. The van der Waals surface area contributed by atoms with Crippen molar-refractivity contribution in [3.8, 4) is 17.8 Å². The van der Waals surface area contributed by atoms with Crippen molar-refractivity contribution >= 4 is 17.0 Å². The normalized spacial score (nSPS) is 12.8. The van der Waals surface area contributed by atoms with Gasteiger partial charge in [-0.05, 0) is 73.6 Å². The summed E-state index contributed by atoms with van der Waals surface area (Å²) in [5, 5.41) is 27.6. The third-order valence-corrected chi connectivity index (χ3v) is 5.70. The van der Waals surface area contributed by atoms with Gasteiger partial charge in [0.05, 0.1) is 28.9 Å². The van der Waals surface area contributed by atoms with Gasteiger partial charge in [-0.3, -0.25) is 0 Å². The number of nitriles is 2. The summed E-state index contributed by atoms with van der Waals surface area (Å²) in [4.78, 5) is 0. The first-order valence-electron chi connectivity index (χ1n) is 10.4. The molecular formula is C25H22FN5. The Morgan fingerprint density at radius 2 is 1.90 bits per heavy atom. The highest BCUT2D eigenvalue weighted by molar-refractivity contribution is 5.91. The van der Waals surface area contributed by atoms with Crippen LogP contribution >= 0.6 is 0 Å². The van der Waals surface area contributed by atoms with E-state index in [2.05, 4.69) is 28.4 Å². The Balaban J connectivity index is 1.82. The van der Waals surface area contributed by atoms with Crippen LogP contribution in [-0.4, -0.2) is 18.2 Å². The highest BCUT2D eigenvalue weighted by Crippen LogP contribution is 2.36. The molecule has 0 N–H and O–H groups in total. The third kappa shape index (κ3) is 3.85. The molecule has 1 aliphatic carbocycles. The van der Waals surface area contributed by atoms with Gasteiger partial charge in [0.25, 0.3) is 0 Å². The van der Waals surface area contributed by atoms with Gasteiger partial charge in [-0.15, -0.1) is 0 Å². The first-order chi connectivity index (χ1) is 15.2. The molecule has 0 amide bonds. The molecule has 6 heteroatoms. The summed E-state index contributed by atoms with van der Waals surface area (Å²) in [7, 11) is 1.69. The summed E-state index contributed by atoms with van der Waals surface area (Å²) in [5.41, 5.74) is 4.81. The molecule has 0 unspecified atom stereocenters. The van der Waals surface area contributed by atoms with Crippen molar-refractivity contribution in [3.63, 3.8) is 0 Å². The summed E-state index contributed by atoms with van der Waals surface area (Å²) in [5.74, 6) is -0.511. The Bertz CT molecular complexity index is 1280. The lowest BCUT2D eigenvalue weighted by molar-refractivity contribution is 0.618. The zero-order valence-electron chi connectivity index (χ0n) is 17.4. The van der Waals surface area contributed by atoms with Crippen LogP contribution in [0, 0.1) is 28.5 Å². The lowest BCUT2D eigenvalue weighted by Gasteiger charge is -2.13. The molecule has 2 aromatic carbocycles. The Morgan fingerprint density at radius 1 is 1.10 bits per heavy atom. The van der Waals surface area contributed by atoms with Gasteiger partial charge >= 0.3 is 0 Å². The molecule has 0 bridgehead atoms. The molecule has 0 saturated carbocycles. The van der Waals surface area contributed by atoms with E-state index in [1.54, 1.807) is 7.05 Å². The van der Waals surface area contributed by atoms with Crippen molar-refractivity contribution < 1.29 is 4.39 Å². The lowest BCUT2D eigenvalue weighted by atomic mass is 9.98. The van der Waals surface area contributed by atoms with E-state index in [0.717, 1.165) is 61.3 Å². The molecule has 0 atom stereocenters. The molecule has 0 fully saturated rings. The first kappa shape index (κ1) is 20.5. The van der Waals surface area contributed by atoms with Crippen LogP contribution in [0.15, 0.2) is 46.6 Å². The van der Waals surface area contributed by atoms with Crippen molar-refractivity contribution in [2.45, 2.75) is 32.1 Å². The zero-order valence-corrected chi connectivity index (χ0v) is 17.4. The number of aryl methyl sites for hydroxylation is 2. The van der Waals surface area contributed by atoms with Crippen LogP contribution in [0.25, 0.3) is 22.7 Å². The number of unbranched alkanes of at least 4 members (excludes halogenated alkanes) is 1. The number of allylic oxidation sites excluding steroid dienone is 1. The number of halogens is 1. The van der Waals surface area contributed by atoms with Gasteiger partial charge in [0, 0.05) is 18.1 Å². The maximum Gasteiger partial charge on any atom is 0.148 e. The number of aromatic nitrogens is 1. The molecule has 5 nitrogen and oxygen atoms in total. The van der Waals surface area contributed by atoms with E-state index < -0.39 is 5.82 Å². The molecule has 0 spiro atoms. The van der Waals surface area contributed by atoms with E-state index >= 15 is 4.39 Å². The number of hydrogen-bond donors (Lipinski definition) is 0. The minimum Gasteiger partial charge on any atom is -0.307 e. The summed E-state index contributed by atoms with van der Waals surface area (Å²) in [6, 6.07) is 12.9. The first-order valence-corrected chi connectivity index (χ1v) is 10.4. The van der Waals surface area contributed by atoms with Crippen LogP contribution in [-0.2, 0) is 12.8 Å². The molecule has 0 aliphatic heterocycles. The average molecular weight is 411 g/mol. The Kier molecular flexibility index (Phi) is 5.91. The van der Waals surface area contributed by atoms with E-state index in [4.69, 9.17) is 0 Å². The fourth-order valence-electron chi connectivity index (χ4n) is 4.23. The highest BCUT2D eigenvalue weighted by atomic mass is 19.1. The van der Waals surface area contributed by atoms with Gasteiger partial charge < -0.3 is 4.57 Å². The van der Waals surface area contributed by atoms with E-state index in [0.29, 0.717) is 5.69 Å². The van der Waals surface area contributed by atoms with E-state index in [1.165, 1.54) is 17.2 Å². The summed E-state index contributed by atoms with van der Waals surface area (Å²) >= 11 is 0. The van der Waals surface area contributed by atoms with Crippen LogP contribution in [0.4, 0.5) is 4.39 Å². The highest BCUT2D eigenvalue weighted by Gasteiger charge is 2.21. The molecule has 1 heterocycles. The molecule has 0 radical (unpaired) electrons. The Morgan fingerprint density at radius 3 is 2.68 bits per heavy atom. The summed E-state index contributed by atoms with van der Waals surface area (Å²) in [6.45, 7) is 0.745. The molecule has 1 aliphatic rings. The van der Waals surface area contributed by atoms with Gasteiger partial charge in [0.2, 0.25) is 0 Å². The van der Waals surface area contributed by atoms with Gasteiger partial charge in [0.1, 0.15) is 18.0 Å². The van der Waals surface area contributed by atoms with Crippen LogP contribution in [0.2, 0.25) is 0 Å². The second kappa shape index (κ2) is 8.93. The van der Waals surface area contributed by atoms with Gasteiger partial charge in [-0.2, -0.15) is 20.8 Å². The largest absolute Gasteiger partial charge is 0.307 e. The minimum absolute atomic E-state index is 0.0505. The van der Waals surface area contributed by atoms with Crippen molar-refractivity contribution in [1.82, 2.24) is 4.57 Å². The molecular weight excluding hydrogens is 389 g/mol. The van der Waals surface area contributed by atoms with Crippen LogP contribution in [0.3, 0.4) is 0 Å². The number of benzene rings is 2. The minimum atomic E-state index is -0.511. The predicted molar refractivity (Wildman–Crippen MR) is 119 cm³/mol. The topological polar surface area (TPSA) is 77.2 Å². The number of fused-ring (bicyclic) bond motifs is 3. The smallest absolute Gasteiger partial charge is 0.148 e. The summed E-state index contributed by atoms with van der Waals surface area (Å²) in [6.07, 6.45) is 8.92. The fourth-order valence-corrected chi connectivity index (χ4v) is 4.23.